The molecule has 15 heavy (non-hydrogen) atoms. The third kappa shape index (κ3) is 1.70. The fourth-order valence-corrected chi connectivity index (χ4v) is 1.77. The molecule has 3 nitrogen and oxygen atoms in total. The second kappa shape index (κ2) is 3.59. The van der Waals surface area contributed by atoms with Crippen molar-refractivity contribution in [2.45, 2.75) is 13.0 Å². The van der Waals surface area contributed by atoms with Crippen LogP contribution in [0.25, 0.3) is 10.9 Å². The van der Waals surface area contributed by atoms with Crippen molar-refractivity contribution in [2.75, 3.05) is 0 Å². The minimum atomic E-state index is -0.845. The highest BCUT2D eigenvalue weighted by molar-refractivity contribution is 6.31. The van der Waals surface area contributed by atoms with Crippen molar-refractivity contribution in [1.29, 1.82) is 0 Å². The summed E-state index contributed by atoms with van der Waals surface area (Å²) in [5.41, 5.74) is 0.884. The van der Waals surface area contributed by atoms with Gasteiger partial charge in [0.2, 0.25) is 0 Å². The average Bonchev–Trinajstić information content (AvgIpc) is 2.59. The van der Waals surface area contributed by atoms with E-state index >= 15 is 0 Å². The third-order valence-electron chi connectivity index (χ3n) is 2.46. The van der Waals surface area contributed by atoms with E-state index in [2.05, 4.69) is 0 Å². The number of carbonyl (C=O) groups is 1. The summed E-state index contributed by atoms with van der Waals surface area (Å²) in [5.74, 6) is -0.845. The molecule has 0 unspecified atom stereocenters. The second-order valence-corrected chi connectivity index (χ2v) is 3.88. The van der Waals surface area contributed by atoms with Crippen LogP contribution in [0.15, 0.2) is 30.5 Å². The van der Waals surface area contributed by atoms with Crippen molar-refractivity contribution in [3.63, 3.8) is 0 Å². The topological polar surface area (TPSA) is 42.2 Å². The van der Waals surface area contributed by atoms with E-state index in [4.69, 9.17) is 16.7 Å². The van der Waals surface area contributed by atoms with Crippen LogP contribution in [0.4, 0.5) is 0 Å². The Morgan fingerprint density at radius 1 is 1.47 bits per heavy atom. The van der Waals surface area contributed by atoms with Crippen LogP contribution >= 0.6 is 11.6 Å². The molecule has 0 radical (unpaired) electrons. The number of hydrogen-bond donors (Lipinski definition) is 1. The lowest BCUT2D eigenvalue weighted by Gasteiger charge is -2.09. The van der Waals surface area contributed by atoms with Crippen molar-refractivity contribution in [1.82, 2.24) is 4.57 Å². The number of carboxylic acid groups (broad SMARTS) is 1. The first-order valence-electron chi connectivity index (χ1n) is 4.58. The number of halogens is 1. The molecule has 0 aliphatic heterocycles. The smallest absolute Gasteiger partial charge is 0.326 e. The Balaban J connectivity index is 2.59. The van der Waals surface area contributed by atoms with E-state index in [9.17, 15) is 4.79 Å². The van der Waals surface area contributed by atoms with Gasteiger partial charge in [0, 0.05) is 22.1 Å². The van der Waals surface area contributed by atoms with Gasteiger partial charge in [-0.25, -0.2) is 4.79 Å². The van der Waals surface area contributed by atoms with Gasteiger partial charge in [0.05, 0.1) is 0 Å². The molecule has 1 aromatic heterocycles. The highest BCUT2D eigenvalue weighted by Gasteiger charge is 2.14. The Kier molecular flexibility index (Phi) is 2.40. The molecule has 0 saturated carbocycles. The molecule has 4 heteroatoms. The van der Waals surface area contributed by atoms with E-state index in [1.165, 1.54) is 0 Å². The van der Waals surface area contributed by atoms with E-state index < -0.39 is 12.0 Å². The molecule has 78 valence electrons. The minimum absolute atomic E-state index is 0.566. The van der Waals surface area contributed by atoms with Gasteiger partial charge < -0.3 is 9.67 Å². The van der Waals surface area contributed by atoms with E-state index in [0.29, 0.717) is 5.02 Å². The van der Waals surface area contributed by atoms with Crippen molar-refractivity contribution >= 4 is 28.5 Å². The molecule has 0 spiro atoms. The lowest BCUT2D eigenvalue weighted by molar-refractivity contribution is -0.140. The molecule has 0 saturated heterocycles. The van der Waals surface area contributed by atoms with Crippen LogP contribution < -0.4 is 0 Å². The van der Waals surface area contributed by atoms with Gasteiger partial charge >= 0.3 is 5.97 Å². The summed E-state index contributed by atoms with van der Waals surface area (Å²) in [6.45, 7) is 1.65. The van der Waals surface area contributed by atoms with Crippen LogP contribution in [0, 0.1) is 0 Å². The Morgan fingerprint density at radius 2 is 2.20 bits per heavy atom. The van der Waals surface area contributed by atoms with Gasteiger partial charge in [0.25, 0.3) is 0 Å². The normalized spacial score (nSPS) is 12.9. The number of rotatable bonds is 2. The van der Waals surface area contributed by atoms with Crippen LogP contribution in [0.2, 0.25) is 5.02 Å². The quantitative estimate of drug-likeness (QED) is 0.851. The van der Waals surface area contributed by atoms with Gasteiger partial charge in [-0.2, -0.15) is 0 Å². The summed E-state index contributed by atoms with van der Waals surface area (Å²) < 4.78 is 1.72. The summed E-state index contributed by atoms with van der Waals surface area (Å²) in [5, 5.41) is 10.5. The Hall–Kier alpha value is -1.48. The number of aromatic nitrogens is 1. The summed E-state index contributed by atoms with van der Waals surface area (Å²) in [4.78, 5) is 10.9. The highest BCUT2D eigenvalue weighted by atomic mass is 35.5. The maximum Gasteiger partial charge on any atom is 0.326 e. The number of fused-ring (bicyclic) bond motifs is 1. The SMILES string of the molecule is C[C@@H](C(=O)O)n1ccc2cc(Cl)ccc21. The highest BCUT2D eigenvalue weighted by Crippen LogP contribution is 2.23. The summed E-state index contributed by atoms with van der Waals surface area (Å²) >= 11 is 5.84. The molecule has 0 amide bonds. The van der Waals surface area contributed by atoms with E-state index in [0.717, 1.165) is 10.9 Å². The molecule has 1 atom stereocenters. The predicted molar refractivity (Wildman–Crippen MR) is 59.3 cm³/mol. The van der Waals surface area contributed by atoms with Gasteiger partial charge in [-0.3, -0.25) is 0 Å². The van der Waals surface area contributed by atoms with Crippen LogP contribution in [0.1, 0.15) is 13.0 Å². The average molecular weight is 224 g/mol. The van der Waals surface area contributed by atoms with Crippen LogP contribution in [0.3, 0.4) is 0 Å². The molecule has 2 rings (SSSR count). The zero-order valence-electron chi connectivity index (χ0n) is 8.14. The van der Waals surface area contributed by atoms with Gasteiger partial charge in [0.15, 0.2) is 0 Å². The Labute approximate surface area is 91.9 Å². The van der Waals surface area contributed by atoms with Crippen molar-refractivity contribution in [3.8, 4) is 0 Å². The summed E-state index contributed by atoms with van der Waals surface area (Å²) in [6, 6.07) is 6.71. The largest absolute Gasteiger partial charge is 0.480 e. The molecule has 0 bridgehead atoms. The monoisotopic (exact) mass is 223 g/mol. The molecule has 0 aliphatic carbocycles. The van der Waals surface area contributed by atoms with Gasteiger partial charge in [0.1, 0.15) is 6.04 Å². The first-order chi connectivity index (χ1) is 7.09. The molecule has 0 fully saturated rings. The van der Waals surface area contributed by atoms with E-state index in [1.807, 2.05) is 18.2 Å². The van der Waals surface area contributed by atoms with Crippen LogP contribution in [-0.2, 0) is 4.79 Å². The molecular formula is C11H10ClNO2. The van der Waals surface area contributed by atoms with Crippen molar-refractivity contribution in [3.05, 3.63) is 35.5 Å². The zero-order chi connectivity index (χ0) is 11.0. The molecule has 2 aromatic rings. The van der Waals surface area contributed by atoms with Crippen molar-refractivity contribution < 1.29 is 9.90 Å². The maximum atomic E-state index is 10.9. The van der Waals surface area contributed by atoms with E-state index in [-0.39, 0.29) is 0 Å². The molecule has 1 N–H and O–H groups in total. The lowest BCUT2D eigenvalue weighted by Crippen LogP contribution is -2.14. The van der Waals surface area contributed by atoms with Gasteiger partial charge in [-0.05, 0) is 31.2 Å². The number of aliphatic carboxylic acids is 1. The molecule has 1 aromatic carbocycles. The first kappa shape index (κ1) is 10.1. The molecule has 0 aliphatic rings. The number of hydrogen-bond acceptors (Lipinski definition) is 1. The predicted octanol–water partition coefficient (Wildman–Crippen LogP) is 2.94. The van der Waals surface area contributed by atoms with Crippen LogP contribution in [-0.4, -0.2) is 15.6 Å². The Morgan fingerprint density at radius 3 is 2.87 bits per heavy atom. The fourth-order valence-electron chi connectivity index (χ4n) is 1.59. The summed E-state index contributed by atoms with van der Waals surface area (Å²) in [7, 11) is 0. The number of nitrogens with zero attached hydrogens (tertiary/aromatic N) is 1. The van der Waals surface area contributed by atoms with Gasteiger partial charge in [-0.15, -0.1) is 0 Å². The lowest BCUT2D eigenvalue weighted by atomic mass is 10.2. The maximum absolute atomic E-state index is 10.9. The zero-order valence-corrected chi connectivity index (χ0v) is 8.90. The first-order valence-corrected chi connectivity index (χ1v) is 4.96. The fraction of sp³-hybridized carbons (Fsp3) is 0.182. The molecular weight excluding hydrogens is 214 g/mol. The number of carboxylic acids is 1. The van der Waals surface area contributed by atoms with Gasteiger partial charge in [-0.1, -0.05) is 11.6 Å². The third-order valence-corrected chi connectivity index (χ3v) is 2.69. The molecule has 1 heterocycles. The number of benzene rings is 1. The minimum Gasteiger partial charge on any atom is -0.480 e. The Bertz CT molecular complexity index is 518. The second-order valence-electron chi connectivity index (χ2n) is 3.44. The summed E-state index contributed by atoms with van der Waals surface area (Å²) in [6.07, 6.45) is 1.76. The standard InChI is InChI=1S/C11H10ClNO2/c1-7(11(14)15)13-5-4-8-6-9(12)2-3-10(8)13/h2-7H,1H3,(H,14,15)/t7-/m0/s1. The van der Waals surface area contributed by atoms with Crippen molar-refractivity contribution in [2.24, 2.45) is 0 Å². The van der Waals surface area contributed by atoms with E-state index in [1.54, 1.807) is 23.8 Å². The van der Waals surface area contributed by atoms with Crippen LogP contribution in [0.5, 0.6) is 0 Å².